The summed E-state index contributed by atoms with van der Waals surface area (Å²) in [5, 5.41) is 12.6. The molecule has 2 saturated heterocycles. The third-order valence-corrected chi connectivity index (χ3v) is 7.86. The molecule has 3 aromatic rings. The second-order valence-corrected chi connectivity index (χ2v) is 10.4. The number of ether oxygens (including phenoxy) is 1. The van der Waals surface area contributed by atoms with E-state index in [4.69, 9.17) is 4.74 Å². The predicted molar refractivity (Wildman–Crippen MR) is 140 cm³/mol. The maximum absolute atomic E-state index is 13.5. The van der Waals surface area contributed by atoms with Gasteiger partial charge in [0.25, 0.3) is 0 Å². The van der Waals surface area contributed by atoms with E-state index in [1.54, 1.807) is 0 Å². The van der Waals surface area contributed by atoms with Gasteiger partial charge in [-0.05, 0) is 56.7 Å². The number of piperidine rings is 1. The number of hydrogen-bond acceptors (Lipinski definition) is 6. The zero-order chi connectivity index (χ0) is 24.0. The minimum absolute atomic E-state index is 0.0729. The highest BCUT2D eigenvalue weighted by molar-refractivity contribution is 8.00. The minimum Gasteiger partial charge on any atom is -0.376 e. The average molecular weight is 492 g/mol. The molecule has 8 heteroatoms. The summed E-state index contributed by atoms with van der Waals surface area (Å²) in [7, 11) is 0. The third-order valence-electron chi connectivity index (χ3n) is 6.63. The van der Waals surface area contributed by atoms with Crippen LogP contribution in [0.5, 0.6) is 0 Å². The summed E-state index contributed by atoms with van der Waals surface area (Å²) in [6, 6.07) is 17.8. The highest BCUT2D eigenvalue weighted by Gasteiger charge is 2.29. The standard InChI is InChI=1S/C27H33N5O2S/c1-20-12-14-22(15-13-20)28-25(33)24(21-9-4-2-5-10-21)35-27-30-29-26(31-16-6-3-7-17-31)32(27)19-23-11-8-18-34-23/h2,4-5,9-10,12-15,23-24H,3,6-8,11,16-19H2,1H3,(H,28,33)/t23-,24-/m1/s1. The first-order valence-electron chi connectivity index (χ1n) is 12.6. The zero-order valence-electron chi connectivity index (χ0n) is 20.2. The monoisotopic (exact) mass is 491 g/mol. The first-order valence-corrected chi connectivity index (χ1v) is 13.4. The lowest BCUT2D eigenvalue weighted by molar-refractivity contribution is -0.115. The van der Waals surface area contributed by atoms with E-state index >= 15 is 0 Å². The van der Waals surface area contributed by atoms with Crippen LogP contribution >= 0.6 is 11.8 Å². The molecule has 0 saturated carbocycles. The Balaban J connectivity index is 1.44. The highest BCUT2D eigenvalue weighted by Crippen LogP contribution is 2.37. The van der Waals surface area contributed by atoms with E-state index in [-0.39, 0.29) is 12.0 Å². The molecular formula is C27H33N5O2S. The number of carbonyl (C=O) groups is 1. The van der Waals surface area contributed by atoms with Crippen molar-refractivity contribution in [2.24, 2.45) is 0 Å². The second-order valence-electron chi connectivity index (χ2n) is 9.34. The summed E-state index contributed by atoms with van der Waals surface area (Å²) in [6.45, 7) is 5.53. The van der Waals surface area contributed by atoms with E-state index in [9.17, 15) is 4.79 Å². The SMILES string of the molecule is Cc1ccc(NC(=O)[C@H](Sc2nnc(N3CCCCC3)n2C[C@H]2CCCO2)c2ccccc2)cc1. The number of carbonyl (C=O) groups excluding carboxylic acids is 1. The number of amides is 1. The van der Waals surface area contributed by atoms with Crippen molar-refractivity contribution in [2.75, 3.05) is 29.9 Å². The van der Waals surface area contributed by atoms with Crippen molar-refractivity contribution in [1.82, 2.24) is 14.8 Å². The molecule has 0 bridgehead atoms. The molecule has 35 heavy (non-hydrogen) atoms. The molecule has 184 valence electrons. The lowest BCUT2D eigenvalue weighted by atomic mass is 10.1. The molecule has 2 fully saturated rings. The predicted octanol–water partition coefficient (Wildman–Crippen LogP) is 5.23. The smallest absolute Gasteiger partial charge is 0.242 e. The van der Waals surface area contributed by atoms with Crippen LogP contribution in [0, 0.1) is 6.92 Å². The lowest BCUT2D eigenvalue weighted by Crippen LogP contribution is -2.33. The van der Waals surface area contributed by atoms with Crippen molar-refractivity contribution in [3.05, 3.63) is 65.7 Å². The molecule has 2 aliphatic heterocycles. The first kappa shape index (κ1) is 23.9. The fraction of sp³-hybridized carbons (Fsp3) is 0.444. The number of rotatable bonds is 8. The molecule has 2 aromatic carbocycles. The van der Waals surface area contributed by atoms with Crippen molar-refractivity contribution in [3.63, 3.8) is 0 Å². The van der Waals surface area contributed by atoms with Crippen LogP contribution in [0.25, 0.3) is 0 Å². The molecule has 1 aromatic heterocycles. The Labute approximate surface area is 211 Å². The minimum atomic E-state index is -0.459. The molecule has 7 nitrogen and oxygen atoms in total. The van der Waals surface area contributed by atoms with Gasteiger partial charge in [-0.25, -0.2) is 0 Å². The first-order chi connectivity index (χ1) is 17.2. The normalized spacial score (nSPS) is 19.0. The van der Waals surface area contributed by atoms with Crippen LogP contribution in [-0.4, -0.2) is 46.5 Å². The number of nitrogens with zero attached hydrogens (tertiary/aromatic N) is 4. The van der Waals surface area contributed by atoms with Gasteiger partial charge in [-0.1, -0.05) is 59.8 Å². The van der Waals surface area contributed by atoms with E-state index in [2.05, 4.69) is 25.0 Å². The molecule has 1 amide bonds. The summed E-state index contributed by atoms with van der Waals surface area (Å²) in [5.74, 6) is 0.824. The van der Waals surface area contributed by atoms with Gasteiger partial charge in [-0.15, -0.1) is 10.2 Å². The summed E-state index contributed by atoms with van der Waals surface area (Å²) >= 11 is 1.46. The molecule has 0 unspecified atom stereocenters. The highest BCUT2D eigenvalue weighted by atomic mass is 32.2. The number of aryl methyl sites for hydroxylation is 1. The van der Waals surface area contributed by atoms with Crippen molar-refractivity contribution in [1.29, 1.82) is 0 Å². The van der Waals surface area contributed by atoms with Gasteiger partial charge in [0.2, 0.25) is 11.9 Å². The number of benzene rings is 2. The molecule has 5 rings (SSSR count). The molecule has 0 spiro atoms. The van der Waals surface area contributed by atoms with Gasteiger partial charge >= 0.3 is 0 Å². The van der Waals surface area contributed by atoms with Crippen molar-refractivity contribution < 1.29 is 9.53 Å². The number of anilines is 2. The third kappa shape index (κ3) is 5.87. The van der Waals surface area contributed by atoms with E-state index in [0.29, 0.717) is 6.54 Å². The summed E-state index contributed by atoms with van der Waals surface area (Å²) in [5.41, 5.74) is 2.88. The fourth-order valence-corrected chi connectivity index (χ4v) is 5.74. The van der Waals surface area contributed by atoms with Crippen molar-refractivity contribution in [3.8, 4) is 0 Å². The molecular weight excluding hydrogens is 458 g/mol. The van der Waals surface area contributed by atoms with Gasteiger partial charge in [0.15, 0.2) is 5.16 Å². The summed E-state index contributed by atoms with van der Waals surface area (Å²) in [6.07, 6.45) is 5.87. The van der Waals surface area contributed by atoms with Gasteiger partial charge in [0.05, 0.1) is 12.6 Å². The Morgan fingerprint density at radius 3 is 2.54 bits per heavy atom. The Morgan fingerprint density at radius 1 is 1.06 bits per heavy atom. The van der Waals surface area contributed by atoms with Crippen LogP contribution in [0.15, 0.2) is 59.8 Å². The maximum Gasteiger partial charge on any atom is 0.242 e. The van der Waals surface area contributed by atoms with Gasteiger partial charge in [-0.2, -0.15) is 0 Å². The maximum atomic E-state index is 13.5. The number of hydrogen-bond donors (Lipinski definition) is 1. The molecule has 0 radical (unpaired) electrons. The van der Waals surface area contributed by atoms with Gasteiger partial charge in [0, 0.05) is 25.4 Å². The van der Waals surface area contributed by atoms with E-state index in [0.717, 1.165) is 60.5 Å². The van der Waals surface area contributed by atoms with Crippen LogP contribution in [0.1, 0.15) is 48.5 Å². The Bertz CT molecular complexity index is 1110. The lowest BCUT2D eigenvalue weighted by Gasteiger charge is -2.28. The largest absolute Gasteiger partial charge is 0.376 e. The van der Waals surface area contributed by atoms with Gasteiger partial charge < -0.3 is 15.0 Å². The molecule has 3 heterocycles. The summed E-state index contributed by atoms with van der Waals surface area (Å²) in [4.78, 5) is 15.9. The van der Waals surface area contributed by atoms with Gasteiger partial charge in [-0.3, -0.25) is 9.36 Å². The Morgan fingerprint density at radius 2 is 1.83 bits per heavy atom. The Kier molecular flexibility index (Phi) is 7.69. The van der Waals surface area contributed by atoms with E-state index in [1.807, 2.05) is 61.5 Å². The van der Waals surface area contributed by atoms with Crippen LogP contribution in [-0.2, 0) is 16.1 Å². The van der Waals surface area contributed by atoms with Crippen LogP contribution in [0.3, 0.4) is 0 Å². The molecule has 2 aliphatic rings. The van der Waals surface area contributed by atoms with Crippen LogP contribution < -0.4 is 10.2 Å². The number of nitrogens with one attached hydrogen (secondary N) is 1. The number of aromatic nitrogens is 3. The van der Waals surface area contributed by atoms with Gasteiger partial charge in [0.1, 0.15) is 5.25 Å². The average Bonchev–Trinajstić information content (AvgIpc) is 3.55. The van der Waals surface area contributed by atoms with E-state index < -0.39 is 5.25 Å². The Hall–Kier alpha value is -2.84. The van der Waals surface area contributed by atoms with Crippen LogP contribution in [0.2, 0.25) is 0 Å². The number of thioether (sulfide) groups is 1. The van der Waals surface area contributed by atoms with Crippen LogP contribution in [0.4, 0.5) is 11.6 Å². The molecule has 0 aliphatic carbocycles. The fourth-order valence-electron chi connectivity index (χ4n) is 4.70. The van der Waals surface area contributed by atoms with Crippen molar-refractivity contribution in [2.45, 2.75) is 62.1 Å². The summed E-state index contributed by atoms with van der Waals surface area (Å²) < 4.78 is 8.15. The molecule has 2 atom stereocenters. The zero-order valence-corrected chi connectivity index (χ0v) is 21.0. The quantitative estimate of drug-likeness (QED) is 0.435. The second kappa shape index (κ2) is 11.3. The van der Waals surface area contributed by atoms with Crippen molar-refractivity contribution >= 4 is 29.3 Å². The van der Waals surface area contributed by atoms with E-state index in [1.165, 1.54) is 31.0 Å². The molecule has 1 N–H and O–H groups in total. The topological polar surface area (TPSA) is 72.3 Å².